The molecule has 178 valence electrons. The number of halogens is 1. The molecule has 1 fully saturated rings. The number of nitrogens with one attached hydrogen (secondary N) is 1. The number of rotatable bonds is 7. The zero-order valence-corrected chi connectivity index (χ0v) is 19.8. The summed E-state index contributed by atoms with van der Waals surface area (Å²) in [6, 6.07) is 8.93. The lowest BCUT2D eigenvalue weighted by atomic mass is 10.1. The van der Waals surface area contributed by atoms with Gasteiger partial charge in [-0.05, 0) is 17.7 Å². The van der Waals surface area contributed by atoms with Gasteiger partial charge < -0.3 is 19.9 Å². The highest BCUT2D eigenvalue weighted by molar-refractivity contribution is 6.29. The van der Waals surface area contributed by atoms with Gasteiger partial charge in [0.2, 0.25) is 17.8 Å². The number of amides is 2. The lowest BCUT2D eigenvalue weighted by molar-refractivity contribution is -0.130. The van der Waals surface area contributed by atoms with Crippen molar-refractivity contribution in [3.05, 3.63) is 59.8 Å². The summed E-state index contributed by atoms with van der Waals surface area (Å²) in [5, 5.41) is 3.25. The van der Waals surface area contributed by atoms with Crippen LogP contribution in [0.2, 0.25) is 5.15 Å². The minimum atomic E-state index is -0.268. The molecule has 2 aromatic heterocycles. The van der Waals surface area contributed by atoms with Gasteiger partial charge in [-0.3, -0.25) is 14.2 Å². The molecule has 1 aromatic carbocycles. The van der Waals surface area contributed by atoms with Gasteiger partial charge in [-0.25, -0.2) is 9.97 Å². The molecule has 1 atom stereocenters. The molecule has 3 aromatic rings. The third-order valence-corrected chi connectivity index (χ3v) is 5.89. The van der Waals surface area contributed by atoms with E-state index >= 15 is 0 Å². The topological polar surface area (TPSA) is 105 Å². The van der Waals surface area contributed by atoms with Crippen molar-refractivity contribution in [3.63, 3.8) is 0 Å². The van der Waals surface area contributed by atoms with Gasteiger partial charge in [0.15, 0.2) is 0 Å². The summed E-state index contributed by atoms with van der Waals surface area (Å²) in [6.45, 7) is 3.40. The predicted octanol–water partition coefficient (Wildman–Crippen LogP) is 2.07. The molecule has 11 heteroatoms. The molecule has 1 N–H and O–H groups in total. The van der Waals surface area contributed by atoms with E-state index in [1.54, 1.807) is 41.4 Å². The first kappa shape index (κ1) is 23.5. The fourth-order valence-corrected chi connectivity index (χ4v) is 4.06. The second-order valence-electron chi connectivity index (χ2n) is 7.96. The smallest absolute Gasteiger partial charge is 0.238 e. The molecule has 1 saturated heterocycles. The Morgan fingerprint density at radius 1 is 1.21 bits per heavy atom. The van der Waals surface area contributed by atoms with E-state index in [1.165, 1.54) is 6.92 Å². The van der Waals surface area contributed by atoms with Crippen LogP contribution in [0.5, 0.6) is 5.75 Å². The van der Waals surface area contributed by atoms with Crippen LogP contribution in [-0.2, 0) is 16.1 Å². The maximum Gasteiger partial charge on any atom is 0.238 e. The molecule has 1 aliphatic rings. The third kappa shape index (κ3) is 5.63. The molecule has 1 unspecified atom stereocenters. The van der Waals surface area contributed by atoms with Gasteiger partial charge in [-0.15, -0.1) is 0 Å². The van der Waals surface area contributed by atoms with E-state index in [0.717, 1.165) is 11.3 Å². The van der Waals surface area contributed by atoms with Crippen molar-refractivity contribution in [3.8, 4) is 11.7 Å². The Bertz CT molecular complexity index is 1140. The van der Waals surface area contributed by atoms with Gasteiger partial charge in [0.1, 0.15) is 23.0 Å². The SMILES string of the molecule is COc1ccc(CNC(=O)CC2CN(C(C)=O)CCN2c2cc(Cl)nc(-n3ccnc3)n2)cc1. The Morgan fingerprint density at radius 3 is 2.68 bits per heavy atom. The summed E-state index contributed by atoms with van der Waals surface area (Å²) >= 11 is 6.29. The quantitative estimate of drug-likeness (QED) is 0.513. The molecule has 1 aliphatic heterocycles. The molecule has 34 heavy (non-hydrogen) atoms. The van der Waals surface area contributed by atoms with Crippen molar-refractivity contribution in [2.45, 2.75) is 25.9 Å². The summed E-state index contributed by atoms with van der Waals surface area (Å²) in [5.74, 6) is 1.60. The number of anilines is 1. The molecule has 2 amide bonds. The molecule has 0 radical (unpaired) electrons. The van der Waals surface area contributed by atoms with Crippen LogP contribution in [0.4, 0.5) is 5.82 Å². The molecule has 0 saturated carbocycles. The number of hydrogen-bond acceptors (Lipinski definition) is 7. The van der Waals surface area contributed by atoms with Gasteiger partial charge >= 0.3 is 0 Å². The number of aromatic nitrogens is 4. The predicted molar refractivity (Wildman–Crippen MR) is 127 cm³/mol. The molecule has 0 aliphatic carbocycles. The number of ether oxygens (including phenoxy) is 1. The Hall–Kier alpha value is -3.66. The highest BCUT2D eigenvalue weighted by atomic mass is 35.5. The van der Waals surface area contributed by atoms with E-state index in [-0.39, 0.29) is 29.4 Å². The summed E-state index contributed by atoms with van der Waals surface area (Å²) in [7, 11) is 1.61. The van der Waals surface area contributed by atoms with E-state index in [1.807, 2.05) is 29.2 Å². The van der Waals surface area contributed by atoms with Crippen molar-refractivity contribution in [1.29, 1.82) is 0 Å². The number of piperazine rings is 1. The summed E-state index contributed by atoms with van der Waals surface area (Å²) < 4.78 is 6.83. The minimum Gasteiger partial charge on any atom is -0.497 e. The second kappa shape index (κ2) is 10.5. The van der Waals surface area contributed by atoms with E-state index in [0.29, 0.717) is 37.9 Å². The van der Waals surface area contributed by atoms with E-state index in [9.17, 15) is 9.59 Å². The number of nitrogens with zero attached hydrogens (tertiary/aromatic N) is 6. The largest absolute Gasteiger partial charge is 0.497 e. The van der Waals surface area contributed by atoms with Gasteiger partial charge in [0, 0.05) is 58.0 Å². The Morgan fingerprint density at radius 2 is 2.00 bits per heavy atom. The summed E-state index contributed by atoms with van der Waals surface area (Å²) in [6.07, 6.45) is 5.15. The third-order valence-electron chi connectivity index (χ3n) is 5.70. The van der Waals surface area contributed by atoms with Crippen LogP contribution >= 0.6 is 11.6 Å². The van der Waals surface area contributed by atoms with E-state index in [4.69, 9.17) is 16.3 Å². The van der Waals surface area contributed by atoms with Gasteiger partial charge in [0.05, 0.1) is 13.2 Å². The van der Waals surface area contributed by atoms with Crippen LogP contribution < -0.4 is 15.0 Å². The molecular formula is C23H26ClN7O3. The minimum absolute atomic E-state index is 0.0249. The number of imidazole rings is 1. The number of carbonyl (C=O) groups excluding carboxylic acids is 2. The van der Waals surface area contributed by atoms with E-state index in [2.05, 4.69) is 20.3 Å². The average Bonchev–Trinajstić information content (AvgIpc) is 3.38. The van der Waals surface area contributed by atoms with Gasteiger partial charge in [-0.1, -0.05) is 23.7 Å². The van der Waals surface area contributed by atoms with Crippen molar-refractivity contribution in [2.24, 2.45) is 0 Å². The maximum atomic E-state index is 12.8. The molecule has 10 nitrogen and oxygen atoms in total. The van der Waals surface area contributed by atoms with Crippen LogP contribution in [-0.4, -0.2) is 69.0 Å². The van der Waals surface area contributed by atoms with Crippen LogP contribution in [0, 0.1) is 0 Å². The fourth-order valence-electron chi connectivity index (χ4n) is 3.88. The molecule has 3 heterocycles. The summed E-state index contributed by atoms with van der Waals surface area (Å²) in [4.78, 5) is 41.6. The summed E-state index contributed by atoms with van der Waals surface area (Å²) in [5.41, 5.74) is 0.965. The molecule has 4 rings (SSSR count). The number of methoxy groups -OCH3 is 1. The van der Waals surface area contributed by atoms with Crippen LogP contribution in [0.1, 0.15) is 18.9 Å². The highest BCUT2D eigenvalue weighted by Crippen LogP contribution is 2.24. The first-order chi connectivity index (χ1) is 16.4. The van der Waals surface area contributed by atoms with Gasteiger partial charge in [0.25, 0.3) is 0 Å². The normalized spacial score (nSPS) is 15.8. The Kier molecular flexibility index (Phi) is 7.27. The van der Waals surface area contributed by atoms with Crippen LogP contribution in [0.25, 0.3) is 5.95 Å². The average molecular weight is 484 g/mol. The first-order valence-electron chi connectivity index (χ1n) is 10.9. The second-order valence-corrected chi connectivity index (χ2v) is 8.35. The van der Waals surface area contributed by atoms with Gasteiger partial charge in [-0.2, -0.15) is 4.98 Å². The molecular weight excluding hydrogens is 458 g/mol. The lowest BCUT2D eigenvalue weighted by Crippen LogP contribution is -2.56. The van der Waals surface area contributed by atoms with E-state index < -0.39 is 0 Å². The lowest BCUT2D eigenvalue weighted by Gasteiger charge is -2.41. The van der Waals surface area contributed by atoms with Crippen LogP contribution in [0.3, 0.4) is 0 Å². The highest BCUT2D eigenvalue weighted by Gasteiger charge is 2.31. The first-order valence-corrected chi connectivity index (χ1v) is 11.3. The van der Waals surface area contributed by atoms with Crippen molar-refractivity contribution in [1.82, 2.24) is 29.7 Å². The van der Waals surface area contributed by atoms with Crippen molar-refractivity contribution < 1.29 is 14.3 Å². The molecule has 0 spiro atoms. The number of benzene rings is 1. The molecule has 0 bridgehead atoms. The monoisotopic (exact) mass is 483 g/mol. The number of carbonyl (C=O) groups is 2. The van der Waals surface area contributed by atoms with Crippen molar-refractivity contribution in [2.75, 3.05) is 31.6 Å². The number of hydrogen-bond donors (Lipinski definition) is 1. The zero-order chi connectivity index (χ0) is 24.1. The maximum absolute atomic E-state index is 12.8. The van der Waals surface area contributed by atoms with Crippen LogP contribution in [0.15, 0.2) is 49.1 Å². The fraction of sp³-hybridized carbons (Fsp3) is 0.348. The Labute approximate surface area is 202 Å². The zero-order valence-electron chi connectivity index (χ0n) is 19.0. The van der Waals surface area contributed by atoms with Crippen molar-refractivity contribution >= 4 is 29.2 Å². The Balaban J connectivity index is 1.50. The standard InChI is InChI=1S/C23H26ClN7O3/c1-16(32)29-9-10-31(21-12-20(24)27-23(28-21)30-8-7-25-15-30)18(14-29)11-22(33)26-13-17-3-5-19(34-2)6-4-17/h3-8,12,15,18H,9-11,13-14H2,1-2H3,(H,26,33).